The molecule has 0 saturated heterocycles. The van der Waals surface area contributed by atoms with Gasteiger partial charge < -0.3 is 9.47 Å². The molecule has 0 aliphatic carbocycles. The summed E-state index contributed by atoms with van der Waals surface area (Å²) in [6.07, 6.45) is 0. The standard InChI is InChI=1S/C24H20O2/c1-16-14-25-21-12-10-17-6-2-4-8-19(17)23(21)24-20-9-5-3-7-18(20)11-13-22(24)26-15-16/h2-13,16H,14-15H2,1H3. The zero-order valence-corrected chi connectivity index (χ0v) is 14.7. The van der Waals surface area contributed by atoms with Crippen molar-refractivity contribution in [2.45, 2.75) is 6.92 Å². The molecule has 2 nitrogen and oxygen atoms in total. The van der Waals surface area contributed by atoms with Crippen LogP contribution in [0.5, 0.6) is 11.5 Å². The molecule has 0 bridgehead atoms. The van der Waals surface area contributed by atoms with Crippen molar-refractivity contribution in [2.24, 2.45) is 5.92 Å². The zero-order valence-electron chi connectivity index (χ0n) is 14.7. The van der Waals surface area contributed by atoms with Gasteiger partial charge in [0.25, 0.3) is 0 Å². The van der Waals surface area contributed by atoms with E-state index in [0.29, 0.717) is 19.1 Å². The first-order chi connectivity index (χ1) is 12.8. The highest BCUT2D eigenvalue weighted by molar-refractivity contribution is 6.09. The molecule has 2 heteroatoms. The Kier molecular flexibility index (Phi) is 3.56. The van der Waals surface area contributed by atoms with Crippen LogP contribution in [0.3, 0.4) is 0 Å². The van der Waals surface area contributed by atoms with Gasteiger partial charge in [-0.2, -0.15) is 0 Å². The van der Waals surface area contributed by atoms with E-state index in [4.69, 9.17) is 9.47 Å². The average Bonchev–Trinajstić information content (AvgIpc) is 2.76. The Labute approximate surface area is 153 Å². The Morgan fingerprint density at radius 3 is 1.58 bits per heavy atom. The van der Waals surface area contributed by atoms with Gasteiger partial charge in [-0.3, -0.25) is 0 Å². The van der Waals surface area contributed by atoms with Crippen LogP contribution in [-0.2, 0) is 0 Å². The molecule has 0 atom stereocenters. The second kappa shape index (κ2) is 6.06. The lowest BCUT2D eigenvalue weighted by molar-refractivity contribution is 0.192. The maximum Gasteiger partial charge on any atom is 0.127 e. The Morgan fingerprint density at radius 2 is 1.08 bits per heavy atom. The van der Waals surface area contributed by atoms with Gasteiger partial charge in [0, 0.05) is 17.0 Å². The normalized spacial score (nSPS) is 14.5. The molecule has 0 unspecified atom stereocenters. The van der Waals surface area contributed by atoms with E-state index in [1.54, 1.807) is 0 Å². The van der Waals surface area contributed by atoms with Gasteiger partial charge in [-0.15, -0.1) is 0 Å². The number of hydrogen-bond donors (Lipinski definition) is 0. The van der Waals surface area contributed by atoms with E-state index < -0.39 is 0 Å². The van der Waals surface area contributed by atoms with Crippen LogP contribution in [0.1, 0.15) is 6.92 Å². The van der Waals surface area contributed by atoms with E-state index in [9.17, 15) is 0 Å². The molecule has 0 N–H and O–H groups in total. The molecule has 1 aliphatic rings. The fraction of sp³-hybridized carbons (Fsp3) is 0.167. The van der Waals surface area contributed by atoms with Crippen LogP contribution in [0.4, 0.5) is 0 Å². The highest BCUT2D eigenvalue weighted by Crippen LogP contribution is 2.46. The van der Waals surface area contributed by atoms with Crippen LogP contribution in [-0.4, -0.2) is 13.2 Å². The van der Waals surface area contributed by atoms with Crippen molar-refractivity contribution in [1.29, 1.82) is 0 Å². The van der Waals surface area contributed by atoms with E-state index in [-0.39, 0.29) is 0 Å². The molecular formula is C24H20O2. The molecule has 0 radical (unpaired) electrons. The second-order valence-electron chi connectivity index (χ2n) is 7.05. The fourth-order valence-corrected chi connectivity index (χ4v) is 3.77. The van der Waals surface area contributed by atoms with Crippen LogP contribution in [0, 0.1) is 5.92 Å². The summed E-state index contributed by atoms with van der Waals surface area (Å²) in [6.45, 7) is 3.46. The third kappa shape index (κ3) is 2.41. The van der Waals surface area contributed by atoms with Gasteiger partial charge in [0.2, 0.25) is 0 Å². The summed E-state index contributed by atoms with van der Waals surface area (Å²) < 4.78 is 12.5. The quantitative estimate of drug-likeness (QED) is 0.387. The first-order valence-corrected chi connectivity index (χ1v) is 9.11. The Bertz CT molecular complexity index is 1020. The van der Waals surface area contributed by atoms with Crippen molar-refractivity contribution in [3.8, 4) is 22.6 Å². The lowest BCUT2D eigenvalue weighted by Gasteiger charge is -2.17. The first-order valence-electron chi connectivity index (χ1n) is 9.11. The minimum absolute atomic E-state index is 0.326. The molecule has 0 saturated carbocycles. The molecule has 0 spiro atoms. The minimum atomic E-state index is 0.326. The topological polar surface area (TPSA) is 18.5 Å². The first kappa shape index (κ1) is 15.3. The smallest absolute Gasteiger partial charge is 0.127 e. The van der Waals surface area contributed by atoms with Crippen molar-refractivity contribution in [2.75, 3.05) is 13.2 Å². The Morgan fingerprint density at radius 1 is 0.615 bits per heavy atom. The summed E-state index contributed by atoms with van der Waals surface area (Å²) >= 11 is 0. The summed E-state index contributed by atoms with van der Waals surface area (Å²) in [4.78, 5) is 0. The van der Waals surface area contributed by atoms with Crippen LogP contribution in [0.15, 0.2) is 72.8 Å². The van der Waals surface area contributed by atoms with E-state index in [2.05, 4.69) is 79.7 Å². The number of rotatable bonds is 0. The van der Waals surface area contributed by atoms with E-state index in [1.165, 1.54) is 21.5 Å². The lowest BCUT2D eigenvalue weighted by atomic mass is 9.92. The maximum atomic E-state index is 6.25. The second-order valence-corrected chi connectivity index (χ2v) is 7.05. The van der Waals surface area contributed by atoms with E-state index in [1.807, 2.05) is 0 Å². The van der Waals surface area contributed by atoms with Gasteiger partial charge >= 0.3 is 0 Å². The molecule has 26 heavy (non-hydrogen) atoms. The third-order valence-electron chi connectivity index (χ3n) is 5.08. The highest BCUT2D eigenvalue weighted by Gasteiger charge is 2.21. The molecule has 5 rings (SSSR count). The van der Waals surface area contributed by atoms with Crippen LogP contribution >= 0.6 is 0 Å². The van der Waals surface area contributed by atoms with Crippen molar-refractivity contribution in [1.82, 2.24) is 0 Å². The van der Waals surface area contributed by atoms with Crippen molar-refractivity contribution in [3.05, 3.63) is 72.8 Å². The van der Waals surface area contributed by atoms with E-state index >= 15 is 0 Å². The van der Waals surface area contributed by atoms with Crippen LogP contribution in [0.25, 0.3) is 32.7 Å². The summed E-state index contributed by atoms with van der Waals surface area (Å²) in [5, 5.41) is 4.81. The van der Waals surface area contributed by atoms with Gasteiger partial charge in [-0.05, 0) is 33.7 Å². The van der Waals surface area contributed by atoms with Gasteiger partial charge in [0.05, 0.1) is 13.2 Å². The number of fused-ring (bicyclic) bond motifs is 7. The summed E-state index contributed by atoms with van der Waals surface area (Å²) in [6, 6.07) is 25.4. The number of hydrogen-bond acceptors (Lipinski definition) is 2. The van der Waals surface area contributed by atoms with Gasteiger partial charge in [0.1, 0.15) is 11.5 Å². The lowest BCUT2D eigenvalue weighted by Crippen LogP contribution is -2.15. The fourth-order valence-electron chi connectivity index (χ4n) is 3.77. The Balaban J connectivity index is 1.94. The summed E-state index contributed by atoms with van der Waals surface area (Å²) in [5.41, 5.74) is 2.26. The molecule has 4 aromatic carbocycles. The predicted octanol–water partition coefficient (Wildman–Crippen LogP) is 6.07. The third-order valence-corrected chi connectivity index (χ3v) is 5.08. The van der Waals surface area contributed by atoms with Crippen LogP contribution < -0.4 is 9.47 Å². The molecule has 0 amide bonds. The number of ether oxygens (including phenoxy) is 2. The van der Waals surface area contributed by atoms with E-state index in [0.717, 1.165) is 22.6 Å². The van der Waals surface area contributed by atoms with Crippen molar-refractivity contribution >= 4 is 21.5 Å². The molecule has 1 aliphatic heterocycles. The van der Waals surface area contributed by atoms with Gasteiger partial charge in [-0.25, -0.2) is 0 Å². The molecular weight excluding hydrogens is 320 g/mol. The van der Waals surface area contributed by atoms with Gasteiger partial charge in [0.15, 0.2) is 0 Å². The average molecular weight is 340 g/mol. The Hall–Kier alpha value is -3.00. The predicted molar refractivity (Wildman–Crippen MR) is 107 cm³/mol. The highest BCUT2D eigenvalue weighted by atomic mass is 16.5. The molecule has 0 aromatic heterocycles. The molecule has 0 fully saturated rings. The zero-order chi connectivity index (χ0) is 17.5. The summed E-state index contributed by atoms with van der Waals surface area (Å²) in [7, 11) is 0. The van der Waals surface area contributed by atoms with Crippen molar-refractivity contribution in [3.63, 3.8) is 0 Å². The van der Waals surface area contributed by atoms with Gasteiger partial charge in [-0.1, -0.05) is 67.6 Å². The molecule has 4 aromatic rings. The largest absolute Gasteiger partial charge is 0.493 e. The maximum absolute atomic E-state index is 6.25. The number of benzene rings is 4. The molecule has 1 heterocycles. The van der Waals surface area contributed by atoms with Crippen molar-refractivity contribution < 1.29 is 9.47 Å². The SMILES string of the molecule is CC1COc2ccc3ccccc3c2-c2c(ccc3ccccc23)OC1. The molecule has 128 valence electrons. The summed E-state index contributed by atoms with van der Waals surface area (Å²) in [5.74, 6) is 2.18. The minimum Gasteiger partial charge on any atom is -0.493 e. The monoisotopic (exact) mass is 340 g/mol. The van der Waals surface area contributed by atoms with Crippen LogP contribution in [0.2, 0.25) is 0 Å².